The van der Waals surface area contributed by atoms with Crippen molar-refractivity contribution in [1.82, 2.24) is 4.98 Å². The first-order valence-corrected chi connectivity index (χ1v) is 8.24. The second kappa shape index (κ2) is 7.10. The summed E-state index contributed by atoms with van der Waals surface area (Å²) in [6.07, 6.45) is 0. The predicted octanol–water partition coefficient (Wildman–Crippen LogP) is 4.67. The Balaban J connectivity index is 1.63. The summed E-state index contributed by atoms with van der Waals surface area (Å²) in [7, 11) is 0. The van der Waals surface area contributed by atoms with Gasteiger partial charge < -0.3 is 5.32 Å². The summed E-state index contributed by atoms with van der Waals surface area (Å²) >= 11 is 1.32. The molecule has 0 atom stereocenters. The van der Waals surface area contributed by atoms with Gasteiger partial charge in [-0.2, -0.15) is 0 Å². The van der Waals surface area contributed by atoms with Crippen LogP contribution in [-0.4, -0.2) is 15.9 Å². The molecule has 8 heteroatoms. The third-order valence-corrected chi connectivity index (χ3v) is 4.17. The van der Waals surface area contributed by atoms with E-state index in [2.05, 4.69) is 15.6 Å². The monoisotopic (exact) mass is 354 g/mol. The fourth-order valence-electron chi connectivity index (χ4n) is 2.11. The number of non-ortho nitro benzene ring substituents is 1. The van der Waals surface area contributed by atoms with E-state index >= 15 is 0 Å². The number of rotatable bonds is 4. The molecule has 3 aromatic rings. The highest BCUT2D eigenvalue weighted by molar-refractivity contribution is 7.14. The number of aromatic nitrogens is 1. The van der Waals surface area contributed by atoms with Crippen LogP contribution in [0.2, 0.25) is 0 Å². The number of urea groups is 1. The first kappa shape index (κ1) is 16.6. The van der Waals surface area contributed by atoms with Gasteiger partial charge in [0.1, 0.15) is 0 Å². The number of nitro benzene ring substituents is 1. The third-order valence-electron chi connectivity index (χ3n) is 3.41. The molecule has 0 radical (unpaired) electrons. The number of nitro groups is 1. The summed E-state index contributed by atoms with van der Waals surface area (Å²) in [5, 5.41) is 18.2. The standard InChI is InChI=1S/C17H14N4O3S/c1-11-2-4-12(5-3-11)15-10-25-17(19-15)20-16(22)18-13-6-8-14(9-7-13)21(23)24/h2-10H,1H3,(H2,18,19,20,22). The molecule has 25 heavy (non-hydrogen) atoms. The highest BCUT2D eigenvalue weighted by Gasteiger charge is 2.09. The number of anilines is 2. The van der Waals surface area contributed by atoms with Crippen molar-refractivity contribution in [2.24, 2.45) is 0 Å². The zero-order valence-corrected chi connectivity index (χ0v) is 14.0. The van der Waals surface area contributed by atoms with E-state index in [9.17, 15) is 14.9 Å². The molecule has 0 spiro atoms. The molecule has 0 aliphatic heterocycles. The predicted molar refractivity (Wildman–Crippen MR) is 98.0 cm³/mol. The van der Waals surface area contributed by atoms with Gasteiger partial charge >= 0.3 is 6.03 Å². The van der Waals surface area contributed by atoms with E-state index in [-0.39, 0.29) is 5.69 Å². The van der Waals surface area contributed by atoms with E-state index in [4.69, 9.17) is 0 Å². The van der Waals surface area contributed by atoms with Crippen LogP contribution in [0.25, 0.3) is 11.3 Å². The van der Waals surface area contributed by atoms with Crippen LogP contribution in [0.5, 0.6) is 0 Å². The number of amides is 2. The average Bonchev–Trinajstić information content (AvgIpc) is 3.04. The summed E-state index contributed by atoms with van der Waals surface area (Å²) in [6.45, 7) is 2.01. The van der Waals surface area contributed by atoms with Crippen molar-refractivity contribution in [3.05, 3.63) is 69.6 Å². The van der Waals surface area contributed by atoms with Crippen molar-refractivity contribution < 1.29 is 9.72 Å². The Morgan fingerprint density at radius 1 is 1.08 bits per heavy atom. The molecule has 0 bridgehead atoms. The fourth-order valence-corrected chi connectivity index (χ4v) is 2.83. The minimum absolute atomic E-state index is 0.0337. The number of nitrogens with one attached hydrogen (secondary N) is 2. The summed E-state index contributed by atoms with van der Waals surface area (Å²) in [4.78, 5) is 26.5. The molecular formula is C17H14N4O3S. The number of carbonyl (C=O) groups is 1. The van der Waals surface area contributed by atoms with Gasteiger partial charge in [0.15, 0.2) is 5.13 Å². The third kappa shape index (κ3) is 4.18. The van der Waals surface area contributed by atoms with Crippen LogP contribution in [0.3, 0.4) is 0 Å². The first-order chi connectivity index (χ1) is 12.0. The smallest absolute Gasteiger partial charge is 0.308 e. The molecule has 0 saturated carbocycles. The largest absolute Gasteiger partial charge is 0.325 e. The molecule has 0 aliphatic rings. The lowest BCUT2D eigenvalue weighted by Gasteiger charge is -2.05. The zero-order chi connectivity index (χ0) is 17.8. The van der Waals surface area contributed by atoms with Gasteiger partial charge in [0.2, 0.25) is 0 Å². The molecule has 0 unspecified atom stereocenters. The van der Waals surface area contributed by atoms with Crippen molar-refractivity contribution >= 4 is 33.9 Å². The Kier molecular flexibility index (Phi) is 4.71. The lowest BCUT2D eigenvalue weighted by atomic mass is 10.1. The summed E-state index contributed by atoms with van der Waals surface area (Å²) < 4.78 is 0. The fraction of sp³-hybridized carbons (Fsp3) is 0.0588. The van der Waals surface area contributed by atoms with E-state index in [1.54, 1.807) is 0 Å². The number of thiazole rings is 1. The van der Waals surface area contributed by atoms with Gasteiger partial charge in [-0.25, -0.2) is 9.78 Å². The quantitative estimate of drug-likeness (QED) is 0.525. The van der Waals surface area contributed by atoms with Crippen molar-refractivity contribution in [2.45, 2.75) is 6.92 Å². The van der Waals surface area contributed by atoms with E-state index < -0.39 is 11.0 Å². The summed E-state index contributed by atoms with van der Waals surface area (Å²) in [5.41, 5.74) is 3.35. The van der Waals surface area contributed by atoms with Crippen molar-refractivity contribution in [3.8, 4) is 11.3 Å². The molecule has 2 N–H and O–H groups in total. The van der Waals surface area contributed by atoms with E-state index in [1.165, 1.54) is 41.2 Å². The maximum absolute atomic E-state index is 12.0. The molecule has 7 nitrogen and oxygen atoms in total. The van der Waals surface area contributed by atoms with Gasteiger partial charge in [-0.05, 0) is 19.1 Å². The Bertz CT molecular complexity index is 904. The van der Waals surface area contributed by atoms with Gasteiger partial charge in [-0.3, -0.25) is 15.4 Å². The molecule has 0 fully saturated rings. The number of benzene rings is 2. The Labute approximate surface area is 147 Å². The minimum atomic E-state index is -0.494. The van der Waals surface area contributed by atoms with Gasteiger partial charge in [-0.15, -0.1) is 11.3 Å². The van der Waals surface area contributed by atoms with E-state index in [1.807, 2.05) is 36.6 Å². The molecule has 3 rings (SSSR count). The normalized spacial score (nSPS) is 10.3. The maximum Gasteiger partial charge on any atom is 0.325 e. The number of nitrogens with zero attached hydrogens (tertiary/aromatic N) is 2. The Morgan fingerprint density at radius 2 is 1.76 bits per heavy atom. The zero-order valence-electron chi connectivity index (χ0n) is 13.2. The number of hydrogen-bond donors (Lipinski definition) is 2. The van der Waals surface area contributed by atoms with Crippen molar-refractivity contribution in [2.75, 3.05) is 10.6 Å². The van der Waals surface area contributed by atoms with Gasteiger partial charge in [0, 0.05) is 28.8 Å². The Morgan fingerprint density at radius 3 is 2.40 bits per heavy atom. The minimum Gasteiger partial charge on any atom is -0.308 e. The molecule has 1 heterocycles. The molecule has 0 saturated heterocycles. The SMILES string of the molecule is Cc1ccc(-c2csc(NC(=O)Nc3ccc([N+](=O)[O-])cc3)n2)cc1. The van der Waals surface area contributed by atoms with Crippen molar-refractivity contribution in [3.63, 3.8) is 0 Å². The summed E-state index contributed by atoms with van der Waals surface area (Å²) in [6, 6.07) is 13.1. The Hall–Kier alpha value is -3.26. The second-order valence-corrected chi connectivity index (χ2v) is 6.15. The lowest BCUT2D eigenvalue weighted by Crippen LogP contribution is -2.19. The van der Waals surface area contributed by atoms with Gasteiger partial charge in [-0.1, -0.05) is 29.8 Å². The van der Waals surface area contributed by atoms with Crippen LogP contribution < -0.4 is 10.6 Å². The van der Waals surface area contributed by atoms with E-state index in [0.717, 1.165) is 11.3 Å². The van der Waals surface area contributed by atoms with Crippen LogP contribution >= 0.6 is 11.3 Å². The molecule has 2 aromatic carbocycles. The van der Waals surface area contributed by atoms with Crippen LogP contribution in [0, 0.1) is 17.0 Å². The maximum atomic E-state index is 12.0. The highest BCUT2D eigenvalue weighted by Crippen LogP contribution is 2.25. The van der Waals surface area contributed by atoms with Gasteiger partial charge in [0.25, 0.3) is 5.69 Å². The highest BCUT2D eigenvalue weighted by atomic mass is 32.1. The van der Waals surface area contributed by atoms with Crippen LogP contribution in [0.15, 0.2) is 53.9 Å². The number of aryl methyl sites for hydroxylation is 1. The lowest BCUT2D eigenvalue weighted by molar-refractivity contribution is -0.384. The van der Waals surface area contributed by atoms with Crippen LogP contribution in [-0.2, 0) is 0 Å². The average molecular weight is 354 g/mol. The van der Waals surface area contributed by atoms with Crippen LogP contribution in [0.4, 0.5) is 21.3 Å². The van der Waals surface area contributed by atoms with E-state index in [0.29, 0.717) is 10.8 Å². The summed E-state index contributed by atoms with van der Waals surface area (Å²) in [5.74, 6) is 0. The number of carbonyl (C=O) groups excluding carboxylic acids is 1. The molecule has 0 aliphatic carbocycles. The molecule has 126 valence electrons. The topological polar surface area (TPSA) is 97.2 Å². The molecular weight excluding hydrogens is 340 g/mol. The van der Waals surface area contributed by atoms with Gasteiger partial charge in [0.05, 0.1) is 10.6 Å². The second-order valence-electron chi connectivity index (χ2n) is 5.29. The van der Waals surface area contributed by atoms with Crippen LogP contribution in [0.1, 0.15) is 5.56 Å². The first-order valence-electron chi connectivity index (χ1n) is 7.36. The molecule has 1 aromatic heterocycles. The number of hydrogen-bond acceptors (Lipinski definition) is 5. The molecule has 2 amide bonds. The van der Waals surface area contributed by atoms with Crippen molar-refractivity contribution in [1.29, 1.82) is 0 Å².